The van der Waals surface area contributed by atoms with Gasteiger partial charge in [-0.3, -0.25) is 17.5 Å². The van der Waals surface area contributed by atoms with Gasteiger partial charge >= 0.3 is 44.4 Å². The van der Waals surface area contributed by atoms with Gasteiger partial charge in [0, 0.05) is 0 Å². The molecule has 0 fully saturated rings. The van der Waals surface area contributed by atoms with Crippen LogP contribution in [0.1, 0.15) is 0 Å². The molecule has 12 nitrogen and oxygen atoms in total. The van der Waals surface area contributed by atoms with E-state index in [1.165, 1.54) is 0 Å². The van der Waals surface area contributed by atoms with Crippen LogP contribution < -0.4 is 57.0 Å². The van der Waals surface area contributed by atoms with Gasteiger partial charge in [-0.2, -0.15) is 0 Å². The Labute approximate surface area is 115 Å². The fourth-order valence-corrected chi connectivity index (χ4v) is 4.54. The molecule has 17 heavy (non-hydrogen) atoms. The molecule has 0 aromatic heterocycles. The van der Waals surface area contributed by atoms with Crippen molar-refractivity contribution < 1.29 is 0 Å². The van der Waals surface area contributed by atoms with Gasteiger partial charge in [-0.05, 0) is 14.1 Å². The Kier molecular flexibility index (Phi) is 13.0. The molecule has 0 atom stereocenters. The quantitative estimate of drug-likeness (QED) is 0.0982. The Morgan fingerprint density at radius 3 is 1.12 bits per heavy atom. The van der Waals surface area contributed by atoms with Crippen molar-refractivity contribution in [2.45, 2.75) is 0 Å². The molecule has 0 radical (unpaired) electrons. The maximum atomic E-state index is 5.40. The van der Waals surface area contributed by atoms with E-state index in [0.29, 0.717) is 0 Å². The van der Waals surface area contributed by atoms with Gasteiger partial charge in [0.15, 0.2) is 0 Å². The highest BCUT2D eigenvalue weighted by molar-refractivity contribution is 6.56. The molecule has 15 heteroatoms. The Hall–Kier alpha value is 1.12. The van der Waals surface area contributed by atoms with E-state index < -0.39 is 44.4 Å². The zero-order valence-electron chi connectivity index (χ0n) is 9.96. The molecule has 0 saturated carbocycles. The fraction of sp³-hybridized carbons (Fsp3) is 1.00. The highest BCUT2D eigenvalue weighted by Gasteiger charge is 2.27. The third-order valence-corrected chi connectivity index (χ3v) is 6.46. The minimum Gasteiger partial charge on any atom is -0.372 e. The second-order valence-electron chi connectivity index (χ2n) is 2.95. The van der Waals surface area contributed by atoms with Gasteiger partial charge in [0.2, 0.25) is 0 Å². The molecular formula is C2H21Al3N12. The number of rotatable bonds is 11. The third-order valence-electron chi connectivity index (χ3n) is 1.82. The van der Waals surface area contributed by atoms with Crippen molar-refractivity contribution in [2.75, 3.05) is 14.1 Å². The summed E-state index contributed by atoms with van der Waals surface area (Å²) in [6.07, 6.45) is 0. The zero-order valence-corrected chi connectivity index (χ0v) is 13.4. The van der Waals surface area contributed by atoms with Crippen LogP contribution in [0.3, 0.4) is 0 Å². The second-order valence-corrected chi connectivity index (χ2v) is 8.86. The van der Waals surface area contributed by atoms with Crippen molar-refractivity contribution in [1.82, 2.24) is 39.5 Å². The minimum atomic E-state index is -1.78. The van der Waals surface area contributed by atoms with E-state index in [1.54, 1.807) is 0 Å². The topological polar surface area (TPSA) is 186 Å². The lowest BCUT2D eigenvalue weighted by Gasteiger charge is -2.18. The van der Waals surface area contributed by atoms with Gasteiger partial charge in [-0.25, -0.2) is 0 Å². The third kappa shape index (κ3) is 8.77. The van der Waals surface area contributed by atoms with Crippen molar-refractivity contribution >= 4 is 44.4 Å². The highest BCUT2D eigenvalue weighted by Crippen LogP contribution is 1.59. The predicted molar refractivity (Wildman–Crippen MR) is 69.9 cm³/mol. The van der Waals surface area contributed by atoms with Gasteiger partial charge in [0.05, 0.1) is 0 Å². The van der Waals surface area contributed by atoms with E-state index in [-0.39, 0.29) is 0 Å². The smallest absolute Gasteiger partial charge is 0.372 e. The number of hydrogen-bond acceptors (Lipinski definition) is 12. The van der Waals surface area contributed by atoms with Crippen molar-refractivity contribution in [3.05, 3.63) is 0 Å². The molecule has 0 aliphatic carbocycles. The summed E-state index contributed by atoms with van der Waals surface area (Å²) in [5.41, 5.74) is 0. The molecule has 0 aromatic rings. The van der Waals surface area contributed by atoms with E-state index in [4.69, 9.17) is 17.5 Å². The molecular weight excluding hydrogens is 273 g/mol. The van der Waals surface area contributed by atoms with Crippen LogP contribution in [0, 0.1) is 0 Å². The van der Waals surface area contributed by atoms with Gasteiger partial charge < -0.3 is 39.5 Å². The largest absolute Gasteiger partial charge is 0.641 e. The lowest BCUT2D eigenvalue weighted by Crippen LogP contribution is -2.76. The van der Waals surface area contributed by atoms with Crippen LogP contribution in [0.15, 0.2) is 0 Å². The summed E-state index contributed by atoms with van der Waals surface area (Å²) >= 11 is -4.94. The molecule has 0 bridgehead atoms. The average molecular weight is 294 g/mol. The van der Waals surface area contributed by atoms with E-state index in [1.807, 2.05) is 14.1 Å². The first-order valence-electron chi connectivity index (χ1n) is 4.96. The van der Waals surface area contributed by atoms with E-state index in [2.05, 4.69) is 39.5 Å². The Bertz CT molecular complexity index is 146. The highest BCUT2D eigenvalue weighted by atomic mass is 27.2. The summed E-state index contributed by atoms with van der Waals surface area (Å²) < 4.78 is 26.1. The fourth-order valence-electron chi connectivity index (χ4n) is 0.847. The van der Waals surface area contributed by atoms with E-state index in [0.717, 1.165) is 0 Å². The van der Waals surface area contributed by atoms with Crippen LogP contribution in [0.25, 0.3) is 0 Å². The summed E-state index contributed by atoms with van der Waals surface area (Å²) in [6.45, 7) is 0. The molecule has 0 heterocycles. The van der Waals surface area contributed by atoms with E-state index in [9.17, 15) is 0 Å². The normalized spacial score (nSPS) is 10.4. The van der Waals surface area contributed by atoms with Gasteiger partial charge in [0.25, 0.3) is 0 Å². The summed E-state index contributed by atoms with van der Waals surface area (Å²) in [7, 11) is 3.62. The maximum absolute atomic E-state index is 5.40. The Morgan fingerprint density at radius 2 is 0.882 bits per heavy atom. The molecule has 98 valence electrons. The molecule has 0 rings (SSSR count). The van der Waals surface area contributed by atoms with E-state index >= 15 is 0 Å². The van der Waals surface area contributed by atoms with Gasteiger partial charge in [-0.15, -0.1) is 0 Å². The first-order chi connectivity index (χ1) is 8.21. The predicted octanol–water partition coefficient (Wildman–Crippen LogP) is -7.04. The molecule has 0 aliphatic rings. The Balaban J connectivity index is 3.82. The summed E-state index contributed by atoms with van der Waals surface area (Å²) in [6, 6.07) is 0. The molecule has 0 spiro atoms. The number of nitrogens with one attached hydrogen (secondary N) is 9. The van der Waals surface area contributed by atoms with Crippen molar-refractivity contribution in [3.8, 4) is 0 Å². The van der Waals surface area contributed by atoms with Crippen LogP contribution in [-0.2, 0) is 0 Å². The van der Waals surface area contributed by atoms with Crippen LogP contribution in [0.4, 0.5) is 0 Å². The van der Waals surface area contributed by atoms with Crippen molar-refractivity contribution in [3.63, 3.8) is 0 Å². The second kappa shape index (κ2) is 12.2. The molecule has 0 unspecified atom stereocenters. The summed E-state index contributed by atoms with van der Waals surface area (Å²) in [5, 5.41) is 0. The SMILES string of the molecule is C[NH][Al]([NH]N)[NH][NH][Al]([NH]N)[NH][NH][Al]([NH]C)[NH]N. The van der Waals surface area contributed by atoms with Gasteiger partial charge in [-0.1, -0.05) is 0 Å². The van der Waals surface area contributed by atoms with Crippen LogP contribution in [-0.4, -0.2) is 58.5 Å². The lowest BCUT2D eigenvalue weighted by molar-refractivity contribution is 0.723. The van der Waals surface area contributed by atoms with Gasteiger partial charge in [0.1, 0.15) is 0 Å². The maximum Gasteiger partial charge on any atom is 0.641 e. The molecule has 0 aliphatic heterocycles. The van der Waals surface area contributed by atoms with Crippen LogP contribution in [0.2, 0.25) is 0 Å². The lowest BCUT2D eigenvalue weighted by atomic mass is 11.6. The minimum absolute atomic E-state index is 1.58. The Morgan fingerprint density at radius 1 is 0.588 bits per heavy atom. The van der Waals surface area contributed by atoms with Crippen molar-refractivity contribution in [1.29, 1.82) is 0 Å². The summed E-state index contributed by atoms with van der Waals surface area (Å²) in [5.74, 6) is 16.0. The standard InChI is InChI=1S/2CH4N.3Al.3H3N2.2H2N2/c2*1-2;;;;5*1-2/h2*2H,1H3;;;;3*1H,2H2;2*1-2H/q2*-1;3*+3;3*-1;2*-2. The summed E-state index contributed by atoms with van der Waals surface area (Å²) in [4.78, 5) is 0. The number of hydrazine groups is 5. The molecule has 0 amide bonds. The average Bonchev–Trinajstić information content (AvgIpc) is 2.38. The monoisotopic (exact) mass is 294 g/mol. The first-order valence-corrected chi connectivity index (χ1v) is 10.2. The zero-order chi connectivity index (χ0) is 13.1. The first kappa shape index (κ1) is 18.1. The van der Waals surface area contributed by atoms with Crippen LogP contribution >= 0.6 is 0 Å². The van der Waals surface area contributed by atoms with Crippen molar-refractivity contribution in [2.24, 2.45) is 17.5 Å². The molecule has 15 N–H and O–H groups in total. The molecule has 0 aromatic carbocycles. The van der Waals surface area contributed by atoms with Crippen LogP contribution in [0.5, 0.6) is 0 Å². The number of hydrogen-bond donors (Lipinski definition) is 12. The number of nitrogens with two attached hydrogens (primary N) is 3. The molecule has 0 saturated heterocycles.